The van der Waals surface area contributed by atoms with Gasteiger partial charge in [0, 0.05) is 28.4 Å². The molecule has 0 saturated carbocycles. The topological polar surface area (TPSA) is 95.5 Å². The van der Waals surface area contributed by atoms with E-state index < -0.39 is 5.97 Å². The van der Waals surface area contributed by atoms with Gasteiger partial charge in [-0.2, -0.15) is 0 Å². The van der Waals surface area contributed by atoms with Crippen LogP contribution in [-0.4, -0.2) is 22.9 Å². The van der Waals surface area contributed by atoms with Crippen LogP contribution in [0, 0.1) is 5.92 Å². The lowest BCUT2D eigenvalue weighted by Gasteiger charge is -2.18. The third-order valence-corrected chi connectivity index (χ3v) is 6.31. The van der Waals surface area contributed by atoms with Gasteiger partial charge in [0.15, 0.2) is 0 Å². The molecule has 1 aliphatic rings. The normalized spacial score (nSPS) is 15.4. The van der Waals surface area contributed by atoms with E-state index in [1.165, 1.54) is 11.3 Å². The molecule has 29 heavy (non-hydrogen) atoms. The first-order valence-corrected chi connectivity index (χ1v) is 10.8. The van der Waals surface area contributed by atoms with E-state index in [1.54, 1.807) is 24.3 Å². The van der Waals surface area contributed by atoms with Crippen molar-refractivity contribution in [3.05, 3.63) is 45.3 Å². The average molecular weight is 435 g/mol. The van der Waals surface area contributed by atoms with Crippen molar-refractivity contribution in [3.63, 3.8) is 0 Å². The Bertz CT molecular complexity index is 924. The second kappa shape index (κ2) is 9.41. The lowest BCUT2D eigenvalue weighted by Crippen LogP contribution is -2.19. The molecule has 0 bridgehead atoms. The van der Waals surface area contributed by atoms with Gasteiger partial charge in [0.25, 0.3) is 5.91 Å². The van der Waals surface area contributed by atoms with E-state index in [0.717, 1.165) is 29.7 Å². The van der Waals surface area contributed by atoms with Gasteiger partial charge in [-0.25, -0.2) is 0 Å². The number of hydrogen-bond acceptors (Lipinski definition) is 4. The zero-order chi connectivity index (χ0) is 21.0. The summed E-state index contributed by atoms with van der Waals surface area (Å²) in [6.07, 6.45) is 2.98. The molecular formula is C21H23ClN2O4S. The minimum atomic E-state index is -0.929. The molecule has 1 atom stereocenters. The van der Waals surface area contributed by atoms with Gasteiger partial charge in [0.2, 0.25) is 5.91 Å². The number of amides is 2. The Morgan fingerprint density at radius 3 is 2.59 bits per heavy atom. The lowest BCUT2D eigenvalue weighted by molar-refractivity contribution is -0.137. The van der Waals surface area contributed by atoms with Crippen molar-refractivity contribution in [2.45, 2.75) is 45.4 Å². The molecule has 1 aliphatic carbocycles. The molecule has 0 aliphatic heterocycles. The zero-order valence-corrected chi connectivity index (χ0v) is 17.7. The number of fused-ring (bicyclic) bond motifs is 1. The first kappa shape index (κ1) is 21.3. The molecule has 1 aromatic heterocycles. The Kier molecular flexibility index (Phi) is 6.92. The summed E-state index contributed by atoms with van der Waals surface area (Å²) in [5.74, 6) is -0.937. The van der Waals surface area contributed by atoms with Crippen LogP contribution in [0.3, 0.4) is 0 Å². The predicted octanol–water partition coefficient (Wildman–Crippen LogP) is 4.97. The number of anilines is 2. The fraction of sp³-hybridized carbons (Fsp3) is 0.381. The monoisotopic (exact) mass is 434 g/mol. The number of halogens is 1. The van der Waals surface area contributed by atoms with Crippen molar-refractivity contribution in [1.82, 2.24) is 0 Å². The summed E-state index contributed by atoms with van der Waals surface area (Å²) < 4.78 is 0. The maximum Gasteiger partial charge on any atom is 0.303 e. The van der Waals surface area contributed by atoms with Crippen LogP contribution in [0.5, 0.6) is 0 Å². The van der Waals surface area contributed by atoms with Crippen molar-refractivity contribution >= 4 is 51.4 Å². The van der Waals surface area contributed by atoms with Gasteiger partial charge in [-0.3, -0.25) is 14.4 Å². The van der Waals surface area contributed by atoms with E-state index in [4.69, 9.17) is 16.7 Å². The third kappa shape index (κ3) is 5.58. The fourth-order valence-electron chi connectivity index (χ4n) is 3.40. The summed E-state index contributed by atoms with van der Waals surface area (Å²) in [4.78, 5) is 37.1. The van der Waals surface area contributed by atoms with Crippen LogP contribution in [-0.2, 0) is 22.4 Å². The smallest absolute Gasteiger partial charge is 0.303 e. The van der Waals surface area contributed by atoms with Crippen LogP contribution in [0.2, 0.25) is 5.02 Å². The molecule has 2 aromatic rings. The fourth-order valence-corrected chi connectivity index (χ4v) is 4.95. The zero-order valence-electron chi connectivity index (χ0n) is 16.1. The van der Waals surface area contributed by atoms with Gasteiger partial charge in [0.05, 0.1) is 5.56 Å². The molecule has 3 rings (SSSR count). The van der Waals surface area contributed by atoms with Gasteiger partial charge in [-0.15, -0.1) is 11.3 Å². The summed E-state index contributed by atoms with van der Waals surface area (Å²) >= 11 is 7.35. The van der Waals surface area contributed by atoms with E-state index in [2.05, 4.69) is 17.6 Å². The quantitative estimate of drug-likeness (QED) is 0.573. The molecule has 1 unspecified atom stereocenters. The second-order valence-corrected chi connectivity index (χ2v) is 8.85. The largest absolute Gasteiger partial charge is 0.481 e. The molecule has 154 valence electrons. The van der Waals surface area contributed by atoms with Crippen molar-refractivity contribution in [3.8, 4) is 0 Å². The maximum absolute atomic E-state index is 13.1. The molecule has 8 heteroatoms. The number of carboxylic acid groups (broad SMARTS) is 1. The maximum atomic E-state index is 13.1. The molecule has 0 fully saturated rings. The third-order valence-electron chi connectivity index (χ3n) is 4.89. The Hall–Kier alpha value is -2.38. The SMILES string of the molecule is CC1CCc2c(sc(NC(=O)CCCC(=O)O)c2C(=O)Nc2ccc(Cl)cc2)C1. The summed E-state index contributed by atoms with van der Waals surface area (Å²) in [6, 6.07) is 6.86. The van der Waals surface area contributed by atoms with Crippen LogP contribution in [0.25, 0.3) is 0 Å². The van der Waals surface area contributed by atoms with E-state index in [1.807, 2.05) is 0 Å². The van der Waals surface area contributed by atoms with Crippen LogP contribution in [0.15, 0.2) is 24.3 Å². The number of carbonyl (C=O) groups is 3. The summed E-state index contributed by atoms with van der Waals surface area (Å²) in [7, 11) is 0. The molecule has 0 radical (unpaired) electrons. The first-order valence-electron chi connectivity index (χ1n) is 9.56. The molecule has 2 amide bonds. The van der Waals surface area contributed by atoms with Gasteiger partial charge in [-0.1, -0.05) is 18.5 Å². The van der Waals surface area contributed by atoms with Crippen LogP contribution < -0.4 is 10.6 Å². The Morgan fingerprint density at radius 1 is 1.17 bits per heavy atom. The molecule has 1 heterocycles. The number of carboxylic acids is 1. The molecule has 0 spiro atoms. The summed E-state index contributed by atoms with van der Waals surface area (Å²) in [6.45, 7) is 2.18. The van der Waals surface area contributed by atoms with E-state index >= 15 is 0 Å². The van der Waals surface area contributed by atoms with E-state index in [9.17, 15) is 14.4 Å². The van der Waals surface area contributed by atoms with Crippen molar-refractivity contribution in [2.24, 2.45) is 5.92 Å². The highest BCUT2D eigenvalue weighted by molar-refractivity contribution is 7.17. The number of nitrogens with one attached hydrogen (secondary N) is 2. The minimum absolute atomic E-state index is 0.0597. The van der Waals surface area contributed by atoms with Gasteiger partial charge < -0.3 is 15.7 Å². The molecule has 3 N–H and O–H groups in total. The van der Waals surface area contributed by atoms with Crippen LogP contribution in [0.1, 0.15) is 53.4 Å². The number of hydrogen-bond donors (Lipinski definition) is 3. The Labute approximate surface area is 178 Å². The number of carbonyl (C=O) groups excluding carboxylic acids is 2. The highest BCUT2D eigenvalue weighted by Gasteiger charge is 2.28. The van der Waals surface area contributed by atoms with Crippen molar-refractivity contribution in [1.29, 1.82) is 0 Å². The standard InChI is InChI=1S/C21H23ClN2O4S/c1-12-5-10-15-16(11-12)29-21(24-17(25)3-2-4-18(26)27)19(15)20(28)23-14-8-6-13(22)7-9-14/h6-9,12H,2-5,10-11H2,1H3,(H,23,28)(H,24,25)(H,26,27). The summed E-state index contributed by atoms with van der Waals surface area (Å²) in [5.41, 5.74) is 2.14. The van der Waals surface area contributed by atoms with Gasteiger partial charge >= 0.3 is 5.97 Å². The number of thiophene rings is 1. The second-order valence-electron chi connectivity index (χ2n) is 7.31. The molecule has 1 aromatic carbocycles. The van der Waals surface area contributed by atoms with Gasteiger partial charge in [-0.05, 0) is 61.4 Å². The highest BCUT2D eigenvalue weighted by atomic mass is 35.5. The van der Waals surface area contributed by atoms with Gasteiger partial charge in [0.1, 0.15) is 5.00 Å². The van der Waals surface area contributed by atoms with E-state index in [-0.39, 0.29) is 31.1 Å². The highest BCUT2D eigenvalue weighted by Crippen LogP contribution is 2.40. The number of benzene rings is 1. The van der Waals surface area contributed by atoms with Crippen molar-refractivity contribution < 1.29 is 19.5 Å². The predicted molar refractivity (Wildman–Crippen MR) is 115 cm³/mol. The van der Waals surface area contributed by atoms with Crippen LogP contribution in [0.4, 0.5) is 10.7 Å². The Balaban J connectivity index is 1.81. The molecular weight excluding hydrogens is 412 g/mol. The average Bonchev–Trinajstić information content (AvgIpc) is 3.00. The first-order chi connectivity index (χ1) is 13.8. The van der Waals surface area contributed by atoms with Crippen LogP contribution >= 0.6 is 22.9 Å². The minimum Gasteiger partial charge on any atom is -0.481 e. The van der Waals surface area contributed by atoms with Crippen molar-refractivity contribution in [2.75, 3.05) is 10.6 Å². The lowest BCUT2D eigenvalue weighted by atomic mass is 9.88. The number of rotatable bonds is 7. The van der Waals surface area contributed by atoms with E-state index in [0.29, 0.717) is 27.2 Å². The molecule has 6 nitrogen and oxygen atoms in total. The summed E-state index contributed by atoms with van der Waals surface area (Å²) in [5, 5.41) is 15.6. The number of aliphatic carboxylic acids is 1. The Morgan fingerprint density at radius 2 is 1.90 bits per heavy atom. The molecule has 0 saturated heterocycles.